The number of carbonyl (C=O) groups excluding carboxylic acids is 1. The van der Waals surface area contributed by atoms with Crippen molar-refractivity contribution in [3.63, 3.8) is 0 Å². The number of nitrogens with one attached hydrogen (secondary N) is 1. The van der Waals surface area contributed by atoms with Crippen molar-refractivity contribution in [1.82, 2.24) is 10.2 Å². The van der Waals surface area contributed by atoms with Crippen LogP contribution in [0.25, 0.3) is 0 Å². The van der Waals surface area contributed by atoms with Gasteiger partial charge in [0.05, 0.1) is 0 Å². The first kappa shape index (κ1) is 16.3. The van der Waals surface area contributed by atoms with Crippen molar-refractivity contribution < 1.29 is 9.53 Å². The number of amides is 1. The minimum atomic E-state index is -0.399. The lowest BCUT2D eigenvalue weighted by Crippen LogP contribution is -2.39. The fourth-order valence-corrected chi connectivity index (χ4v) is 1.93. The van der Waals surface area contributed by atoms with E-state index >= 15 is 0 Å². The fourth-order valence-electron chi connectivity index (χ4n) is 1.93. The Hall–Kier alpha value is -0.770. The molecule has 1 N–H and O–H groups in total. The van der Waals surface area contributed by atoms with E-state index < -0.39 is 5.60 Å². The first-order chi connectivity index (χ1) is 8.94. The highest BCUT2D eigenvalue weighted by Crippen LogP contribution is 2.28. The first-order valence-corrected chi connectivity index (χ1v) is 7.64. The number of carbonyl (C=O) groups is 1. The van der Waals surface area contributed by atoms with E-state index in [1.54, 1.807) is 0 Å². The predicted molar refractivity (Wildman–Crippen MR) is 78.4 cm³/mol. The summed E-state index contributed by atoms with van der Waals surface area (Å²) in [7, 11) is 0. The molecule has 19 heavy (non-hydrogen) atoms. The van der Waals surface area contributed by atoms with Gasteiger partial charge in [0.1, 0.15) is 5.60 Å². The lowest BCUT2D eigenvalue weighted by atomic mass is 10.2. The summed E-state index contributed by atoms with van der Waals surface area (Å²) in [5.74, 6) is 0. The van der Waals surface area contributed by atoms with Crippen molar-refractivity contribution in [1.29, 1.82) is 0 Å². The van der Waals surface area contributed by atoms with Crippen LogP contribution in [0.4, 0.5) is 4.79 Å². The largest absolute Gasteiger partial charge is 0.444 e. The average molecular weight is 270 g/mol. The summed E-state index contributed by atoms with van der Waals surface area (Å²) in [6.07, 6.45) is 5.55. The topological polar surface area (TPSA) is 41.6 Å². The summed E-state index contributed by atoms with van der Waals surface area (Å²) in [4.78, 5) is 14.0. The SMILES string of the molecule is CCCCNCCCN(C(=O)OC(C)(C)C)C1CC1. The van der Waals surface area contributed by atoms with E-state index in [9.17, 15) is 4.79 Å². The molecule has 4 heteroatoms. The maximum atomic E-state index is 12.1. The minimum Gasteiger partial charge on any atom is -0.444 e. The Kier molecular flexibility index (Phi) is 6.63. The standard InChI is InChI=1S/C15H30N2O2/c1-5-6-10-16-11-7-12-17(13-8-9-13)14(18)19-15(2,3)4/h13,16H,5-12H2,1-4H3. The molecule has 0 aliphatic heterocycles. The second-order valence-electron chi connectivity index (χ2n) is 6.36. The van der Waals surface area contributed by atoms with Crippen LogP contribution in [0.1, 0.15) is 59.8 Å². The maximum absolute atomic E-state index is 12.1. The molecule has 0 bridgehead atoms. The van der Waals surface area contributed by atoms with Crippen molar-refractivity contribution in [2.24, 2.45) is 0 Å². The van der Waals surface area contributed by atoms with Crippen LogP contribution in [0.2, 0.25) is 0 Å². The molecule has 0 radical (unpaired) electrons. The van der Waals surface area contributed by atoms with Gasteiger partial charge in [0.2, 0.25) is 0 Å². The van der Waals surface area contributed by atoms with Crippen LogP contribution in [-0.4, -0.2) is 42.3 Å². The van der Waals surface area contributed by atoms with Gasteiger partial charge in [-0.05, 0) is 59.5 Å². The van der Waals surface area contributed by atoms with E-state index in [-0.39, 0.29) is 6.09 Å². The molecule has 0 saturated heterocycles. The van der Waals surface area contributed by atoms with Gasteiger partial charge in [-0.3, -0.25) is 0 Å². The highest BCUT2D eigenvalue weighted by molar-refractivity contribution is 5.69. The van der Waals surface area contributed by atoms with E-state index in [1.807, 2.05) is 25.7 Å². The average Bonchev–Trinajstić information content (AvgIpc) is 3.09. The second-order valence-corrected chi connectivity index (χ2v) is 6.36. The van der Waals surface area contributed by atoms with Gasteiger partial charge in [0.25, 0.3) is 0 Å². The van der Waals surface area contributed by atoms with E-state index in [4.69, 9.17) is 4.74 Å². The number of ether oxygens (including phenoxy) is 1. The molecule has 1 aliphatic carbocycles. The summed E-state index contributed by atoms with van der Waals surface area (Å²) in [5, 5.41) is 3.41. The van der Waals surface area contributed by atoms with Crippen LogP contribution in [-0.2, 0) is 4.74 Å². The fraction of sp³-hybridized carbons (Fsp3) is 0.933. The van der Waals surface area contributed by atoms with Crippen LogP contribution in [0.15, 0.2) is 0 Å². The Bertz CT molecular complexity index is 270. The lowest BCUT2D eigenvalue weighted by Gasteiger charge is -2.27. The zero-order valence-corrected chi connectivity index (χ0v) is 13.0. The van der Waals surface area contributed by atoms with Gasteiger partial charge in [-0.2, -0.15) is 0 Å². The summed E-state index contributed by atoms with van der Waals surface area (Å²) >= 11 is 0. The third-order valence-corrected chi connectivity index (χ3v) is 3.08. The van der Waals surface area contributed by atoms with Crippen LogP contribution < -0.4 is 5.32 Å². The van der Waals surface area contributed by atoms with Gasteiger partial charge in [-0.1, -0.05) is 13.3 Å². The highest BCUT2D eigenvalue weighted by Gasteiger charge is 2.34. The number of hydrogen-bond donors (Lipinski definition) is 1. The van der Waals surface area contributed by atoms with Gasteiger partial charge >= 0.3 is 6.09 Å². The zero-order valence-electron chi connectivity index (χ0n) is 13.0. The molecule has 0 unspecified atom stereocenters. The molecule has 0 aromatic carbocycles. The first-order valence-electron chi connectivity index (χ1n) is 7.64. The van der Waals surface area contributed by atoms with Gasteiger partial charge < -0.3 is 15.0 Å². The molecule has 0 heterocycles. The van der Waals surface area contributed by atoms with E-state index in [0.29, 0.717) is 6.04 Å². The molecule has 0 atom stereocenters. The molecule has 1 fully saturated rings. The minimum absolute atomic E-state index is 0.149. The van der Waals surface area contributed by atoms with Crippen molar-refractivity contribution in [3.05, 3.63) is 0 Å². The van der Waals surface area contributed by atoms with Gasteiger partial charge in [0, 0.05) is 12.6 Å². The molecular formula is C15H30N2O2. The molecule has 1 rings (SSSR count). The van der Waals surface area contributed by atoms with E-state index in [2.05, 4.69) is 12.2 Å². The third kappa shape index (κ3) is 7.41. The maximum Gasteiger partial charge on any atom is 0.410 e. The van der Waals surface area contributed by atoms with Crippen molar-refractivity contribution in [2.45, 2.75) is 71.4 Å². The predicted octanol–water partition coefficient (Wildman–Crippen LogP) is 3.17. The third-order valence-electron chi connectivity index (χ3n) is 3.08. The lowest BCUT2D eigenvalue weighted by molar-refractivity contribution is 0.0232. The van der Waals surface area contributed by atoms with E-state index in [1.165, 1.54) is 12.8 Å². The summed E-state index contributed by atoms with van der Waals surface area (Å²) in [6, 6.07) is 0.422. The molecule has 0 spiro atoms. The Morgan fingerprint density at radius 2 is 1.89 bits per heavy atom. The molecule has 1 aliphatic rings. The Morgan fingerprint density at radius 3 is 2.42 bits per heavy atom. The van der Waals surface area contributed by atoms with Gasteiger partial charge in [-0.15, -0.1) is 0 Å². The van der Waals surface area contributed by atoms with Crippen molar-refractivity contribution in [2.75, 3.05) is 19.6 Å². The normalized spacial score (nSPS) is 15.4. The highest BCUT2D eigenvalue weighted by atomic mass is 16.6. The Labute approximate surface area is 117 Å². The van der Waals surface area contributed by atoms with Crippen molar-refractivity contribution >= 4 is 6.09 Å². The quantitative estimate of drug-likeness (QED) is 0.689. The second kappa shape index (κ2) is 7.73. The summed E-state index contributed by atoms with van der Waals surface area (Å²) < 4.78 is 5.46. The smallest absolute Gasteiger partial charge is 0.410 e. The van der Waals surface area contributed by atoms with Gasteiger partial charge in [0.15, 0.2) is 0 Å². The Morgan fingerprint density at radius 1 is 1.26 bits per heavy atom. The molecule has 0 aromatic rings. The van der Waals surface area contributed by atoms with Crippen LogP contribution >= 0.6 is 0 Å². The molecule has 112 valence electrons. The monoisotopic (exact) mass is 270 g/mol. The number of rotatable bonds is 8. The zero-order chi connectivity index (χ0) is 14.3. The molecule has 0 aromatic heterocycles. The molecular weight excluding hydrogens is 240 g/mol. The molecule has 1 saturated carbocycles. The van der Waals surface area contributed by atoms with Crippen LogP contribution in [0, 0.1) is 0 Å². The number of nitrogens with zero attached hydrogens (tertiary/aromatic N) is 1. The molecule has 4 nitrogen and oxygen atoms in total. The summed E-state index contributed by atoms with van der Waals surface area (Å²) in [5.41, 5.74) is -0.399. The van der Waals surface area contributed by atoms with Gasteiger partial charge in [-0.25, -0.2) is 4.79 Å². The molecule has 1 amide bonds. The van der Waals surface area contributed by atoms with Crippen LogP contribution in [0.5, 0.6) is 0 Å². The summed E-state index contributed by atoms with van der Waals surface area (Å²) in [6.45, 7) is 10.8. The number of unbranched alkanes of at least 4 members (excludes halogenated alkanes) is 1. The van der Waals surface area contributed by atoms with E-state index in [0.717, 1.165) is 38.9 Å². The Balaban J connectivity index is 2.23. The van der Waals surface area contributed by atoms with Crippen LogP contribution in [0.3, 0.4) is 0 Å². The van der Waals surface area contributed by atoms with Crippen molar-refractivity contribution in [3.8, 4) is 0 Å². The number of hydrogen-bond acceptors (Lipinski definition) is 3.